The molecule has 1 aliphatic heterocycles. The maximum Gasteiger partial charge on any atom is 0.0734 e. The Balaban J connectivity index is 2.21. The number of pyridine rings is 1. The van der Waals surface area contributed by atoms with Crippen molar-refractivity contribution in [3.63, 3.8) is 0 Å². The summed E-state index contributed by atoms with van der Waals surface area (Å²) in [5, 5.41) is 1.24. The molecule has 0 unspecified atom stereocenters. The molecular formula is C14H15NO. The quantitative estimate of drug-likeness (QED) is 0.726. The summed E-state index contributed by atoms with van der Waals surface area (Å²) in [6, 6.07) is 8.62. The minimum absolute atomic E-state index is 0.553. The van der Waals surface area contributed by atoms with Crippen LogP contribution in [0.2, 0.25) is 0 Å². The molecule has 1 fully saturated rings. The molecule has 2 aromatic rings. The normalized spacial score (nSPS) is 16.4. The van der Waals surface area contributed by atoms with Gasteiger partial charge in [-0.3, -0.25) is 4.98 Å². The first-order valence-electron chi connectivity index (χ1n) is 5.70. The van der Waals surface area contributed by atoms with Crippen molar-refractivity contribution in [2.24, 2.45) is 0 Å². The van der Waals surface area contributed by atoms with E-state index in [-0.39, 0.29) is 0 Å². The fraction of sp³-hybridized carbons (Fsp3) is 0.357. The standard InChI is InChI=1S/C14H15NO/c1-9-4-3-5-11-6-13(12-7-16-8-12)10(2)15-14(9)11/h3-6,12H,7-8H2,1-2H3. The van der Waals surface area contributed by atoms with E-state index >= 15 is 0 Å². The van der Waals surface area contributed by atoms with Gasteiger partial charge in [0.25, 0.3) is 0 Å². The molecule has 2 nitrogen and oxygen atoms in total. The third kappa shape index (κ3) is 1.41. The van der Waals surface area contributed by atoms with Crippen LogP contribution in [0.4, 0.5) is 0 Å². The van der Waals surface area contributed by atoms with Gasteiger partial charge in [0.05, 0.1) is 18.7 Å². The van der Waals surface area contributed by atoms with E-state index in [2.05, 4.69) is 38.1 Å². The Bertz CT molecular complexity index is 544. The molecule has 0 amide bonds. The Labute approximate surface area is 95.3 Å². The Morgan fingerprint density at radius 2 is 2.06 bits per heavy atom. The zero-order chi connectivity index (χ0) is 11.1. The van der Waals surface area contributed by atoms with Crippen molar-refractivity contribution in [1.82, 2.24) is 4.98 Å². The van der Waals surface area contributed by atoms with Crippen LogP contribution in [-0.2, 0) is 4.74 Å². The lowest BCUT2D eigenvalue weighted by Crippen LogP contribution is -2.26. The van der Waals surface area contributed by atoms with E-state index in [4.69, 9.17) is 9.72 Å². The highest BCUT2D eigenvalue weighted by Gasteiger charge is 2.23. The average Bonchev–Trinajstić information content (AvgIpc) is 2.18. The molecule has 3 rings (SSSR count). The van der Waals surface area contributed by atoms with Crippen molar-refractivity contribution in [3.05, 3.63) is 41.1 Å². The van der Waals surface area contributed by atoms with Gasteiger partial charge in [0.15, 0.2) is 0 Å². The first-order valence-corrected chi connectivity index (χ1v) is 5.70. The highest BCUT2D eigenvalue weighted by molar-refractivity contribution is 5.82. The highest BCUT2D eigenvalue weighted by atomic mass is 16.5. The summed E-state index contributed by atoms with van der Waals surface area (Å²) >= 11 is 0. The van der Waals surface area contributed by atoms with Crippen LogP contribution in [0, 0.1) is 13.8 Å². The average molecular weight is 213 g/mol. The first-order chi connectivity index (χ1) is 7.75. The first kappa shape index (κ1) is 9.79. The molecule has 16 heavy (non-hydrogen) atoms. The number of aromatic nitrogens is 1. The minimum Gasteiger partial charge on any atom is -0.380 e. The van der Waals surface area contributed by atoms with Crippen molar-refractivity contribution in [2.45, 2.75) is 19.8 Å². The van der Waals surface area contributed by atoms with E-state index in [0.717, 1.165) is 24.4 Å². The highest BCUT2D eigenvalue weighted by Crippen LogP contribution is 2.29. The van der Waals surface area contributed by atoms with Gasteiger partial charge in [-0.25, -0.2) is 0 Å². The summed E-state index contributed by atoms with van der Waals surface area (Å²) in [6.45, 7) is 5.90. The zero-order valence-electron chi connectivity index (χ0n) is 9.66. The monoisotopic (exact) mass is 213 g/mol. The third-order valence-electron chi connectivity index (χ3n) is 3.36. The van der Waals surface area contributed by atoms with Crippen molar-refractivity contribution in [2.75, 3.05) is 13.2 Å². The number of hydrogen-bond acceptors (Lipinski definition) is 2. The lowest BCUT2D eigenvalue weighted by molar-refractivity contribution is 0.00808. The SMILES string of the molecule is Cc1nc2c(C)cccc2cc1C1COC1. The van der Waals surface area contributed by atoms with Crippen LogP contribution in [0.1, 0.15) is 22.7 Å². The summed E-state index contributed by atoms with van der Waals surface area (Å²) < 4.78 is 5.25. The van der Waals surface area contributed by atoms with Crippen LogP contribution in [-0.4, -0.2) is 18.2 Å². The van der Waals surface area contributed by atoms with Crippen LogP contribution < -0.4 is 0 Å². The number of nitrogens with zero attached hydrogens (tertiary/aromatic N) is 1. The lowest BCUT2D eigenvalue weighted by atomic mass is 9.94. The van der Waals surface area contributed by atoms with Gasteiger partial charge in [0.1, 0.15) is 0 Å². The fourth-order valence-corrected chi connectivity index (χ4v) is 2.28. The second-order valence-electron chi connectivity index (χ2n) is 4.54. The molecule has 2 heterocycles. The number of benzene rings is 1. The van der Waals surface area contributed by atoms with E-state index in [1.54, 1.807) is 0 Å². The minimum atomic E-state index is 0.553. The molecule has 1 aliphatic rings. The lowest BCUT2D eigenvalue weighted by Gasteiger charge is -2.27. The number of para-hydroxylation sites is 1. The van der Waals surface area contributed by atoms with Gasteiger partial charge < -0.3 is 4.74 Å². The van der Waals surface area contributed by atoms with E-state index in [1.807, 2.05) is 0 Å². The molecule has 0 N–H and O–H groups in total. The second kappa shape index (κ2) is 3.56. The number of hydrogen-bond donors (Lipinski definition) is 0. The number of aryl methyl sites for hydroxylation is 2. The number of ether oxygens (including phenoxy) is 1. The molecule has 0 spiro atoms. The second-order valence-corrected chi connectivity index (χ2v) is 4.54. The third-order valence-corrected chi connectivity index (χ3v) is 3.36. The molecule has 0 atom stereocenters. The largest absolute Gasteiger partial charge is 0.380 e. The zero-order valence-corrected chi connectivity index (χ0v) is 9.66. The van der Waals surface area contributed by atoms with Crippen molar-refractivity contribution >= 4 is 10.9 Å². The maximum atomic E-state index is 5.25. The van der Waals surface area contributed by atoms with Gasteiger partial charge >= 0.3 is 0 Å². The molecule has 0 bridgehead atoms. The van der Waals surface area contributed by atoms with E-state index < -0.39 is 0 Å². The van der Waals surface area contributed by atoms with Crippen LogP contribution in [0.25, 0.3) is 10.9 Å². The Kier molecular flexibility index (Phi) is 2.18. The Hall–Kier alpha value is -1.41. The molecule has 1 aromatic heterocycles. The number of rotatable bonds is 1. The van der Waals surface area contributed by atoms with Gasteiger partial charge in [-0.1, -0.05) is 18.2 Å². The van der Waals surface area contributed by atoms with Gasteiger partial charge in [0.2, 0.25) is 0 Å². The van der Waals surface area contributed by atoms with Gasteiger partial charge in [-0.05, 0) is 31.0 Å². The van der Waals surface area contributed by atoms with Gasteiger partial charge in [-0.2, -0.15) is 0 Å². The van der Waals surface area contributed by atoms with Crippen LogP contribution in [0.5, 0.6) is 0 Å². The Morgan fingerprint density at radius 1 is 1.25 bits per heavy atom. The summed E-state index contributed by atoms with van der Waals surface area (Å²) in [5.41, 5.74) is 4.88. The molecule has 1 saturated heterocycles. The summed E-state index contributed by atoms with van der Waals surface area (Å²) in [6.07, 6.45) is 0. The van der Waals surface area contributed by atoms with Crippen molar-refractivity contribution in [1.29, 1.82) is 0 Å². The van der Waals surface area contributed by atoms with Crippen LogP contribution >= 0.6 is 0 Å². The van der Waals surface area contributed by atoms with E-state index in [9.17, 15) is 0 Å². The van der Waals surface area contributed by atoms with Crippen LogP contribution in [0.3, 0.4) is 0 Å². The number of fused-ring (bicyclic) bond motifs is 1. The Morgan fingerprint density at radius 3 is 2.75 bits per heavy atom. The van der Waals surface area contributed by atoms with E-state index in [0.29, 0.717) is 5.92 Å². The van der Waals surface area contributed by atoms with Crippen molar-refractivity contribution in [3.8, 4) is 0 Å². The summed E-state index contributed by atoms with van der Waals surface area (Å²) in [7, 11) is 0. The summed E-state index contributed by atoms with van der Waals surface area (Å²) in [4.78, 5) is 4.72. The van der Waals surface area contributed by atoms with E-state index in [1.165, 1.54) is 16.5 Å². The predicted octanol–water partition coefficient (Wildman–Crippen LogP) is 2.97. The molecule has 0 aliphatic carbocycles. The molecular weight excluding hydrogens is 198 g/mol. The maximum absolute atomic E-state index is 5.25. The fourth-order valence-electron chi connectivity index (χ4n) is 2.28. The molecule has 82 valence electrons. The molecule has 0 radical (unpaired) electrons. The predicted molar refractivity (Wildman–Crippen MR) is 64.8 cm³/mol. The van der Waals surface area contributed by atoms with Crippen LogP contribution in [0.15, 0.2) is 24.3 Å². The smallest absolute Gasteiger partial charge is 0.0734 e. The molecule has 2 heteroatoms. The van der Waals surface area contributed by atoms with Gasteiger partial charge in [-0.15, -0.1) is 0 Å². The topological polar surface area (TPSA) is 22.1 Å². The summed E-state index contributed by atoms with van der Waals surface area (Å²) in [5.74, 6) is 0.553. The van der Waals surface area contributed by atoms with Gasteiger partial charge in [0, 0.05) is 17.0 Å². The molecule has 0 saturated carbocycles. The molecule has 1 aromatic carbocycles. The van der Waals surface area contributed by atoms with Crippen molar-refractivity contribution < 1.29 is 4.74 Å².